The third kappa shape index (κ3) is 6.49. The van der Waals surface area contributed by atoms with Gasteiger partial charge in [-0.05, 0) is 64.8 Å². The molecule has 3 aromatic carbocycles. The van der Waals surface area contributed by atoms with Gasteiger partial charge in [0.05, 0.1) is 0 Å². The number of halogens is 1. The van der Waals surface area contributed by atoms with E-state index in [0.29, 0.717) is 6.42 Å². The van der Waals surface area contributed by atoms with Crippen molar-refractivity contribution in [2.45, 2.75) is 32.6 Å². The second-order valence-electron chi connectivity index (χ2n) is 9.61. The molecule has 1 aliphatic carbocycles. The minimum absolute atomic E-state index is 0. The zero-order valence-corrected chi connectivity index (χ0v) is 22.3. The standard InChI is InChI=1S/C33H34N2O.ClH/c1-2-8-32(36)34-29-18-14-25(15-19-29)9-7-22-35-23-20-28(21-24-35)33-30-12-5-3-10-26(30)16-17-27-11-4-6-13-31(27)33;/h3-7,9-19H,2,8,20-24H2,1H3,(H,34,36);1H. The van der Waals surface area contributed by atoms with Gasteiger partial charge in [0.2, 0.25) is 5.91 Å². The lowest BCUT2D eigenvalue weighted by Gasteiger charge is -2.29. The van der Waals surface area contributed by atoms with Crippen molar-refractivity contribution in [3.63, 3.8) is 0 Å². The van der Waals surface area contributed by atoms with Crippen LogP contribution in [0.15, 0.2) is 84.4 Å². The number of carbonyl (C=O) groups is 1. The van der Waals surface area contributed by atoms with Crippen LogP contribution in [0.4, 0.5) is 5.69 Å². The molecular weight excluding hydrogens is 476 g/mol. The smallest absolute Gasteiger partial charge is 0.224 e. The molecule has 1 amide bonds. The molecule has 37 heavy (non-hydrogen) atoms. The van der Waals surface area contributed by atoms with Crippen LogP contribution in [-0.2, 0) is 4.79 Å². The highest BCUT2D eigenvalue weighted by atomic mass is 35.5. The van der Waals surface area contributed by atoms with Crippen LogP contribution in [0, 0.1) is 0 Å². The molecule has 190 valence electrons. The quantitative estimate of drug-likeness (QED) is 0.285. The normalized spacial score (nSPS) is 15.1. The van der Waals surface area contributed by atoms with E-state index in [1.54, 1.807) is 5.57 Å². The highest BCUT2D eigenvalue weighted by Gasteiger charge is 2.22. The first-order valence-corrected chi connectivity index (χ1v) is 13.1. The number of hydrogen-bond donors (Lipinski definition) is 1. The Labute approximate surface area is 227 Å². The molecule has 0 aromatic heterocycles. The van der Waals surface area contributed by atoms with E-state index in [0.717, 1.165) is 50.1 Å². The van der Waals surface area contributed by atoms with Gasteiger partial charge in [0, 0.05) is 31.7 Å². The molecule has 0 spiro atoms. The van der Waals surface area contributed by atoms with E-state index in [4.69, 9.17) is 0 Å². The maximum atomic E-state index is 11.8. The first-order valence-electron chi connectivity index (χ1n) is 13.1. The van der Waals surface area contributed by atoms with Crippen molar-refractivity contribution in [3.05, 3.63) is 112 Å². The number of carbonyl (C=O) groups excluding carboxylic acids is 1. The second-order valence-corrected chi connectivity index (χ2v) is 9.61. The highest BCUT2D eigenvalue weighted by molar-refractivity contribution is 5.95. The van der Waals surface area contributed by atoms with Gasteiger partial charge in [-0.25, -0.2) is 0 Å². The average Bonchev–Trinajstić information content (AvgIpc) is 3.07. The van der Waals surface area contributed by atoms with Gasteiger partial charge in [0.25, 0.3) is 0 Å². The van der Waals surface area contributed by atoms with Gasteiger partial charge in [-0.3, -0.25) is 9.69 Å². The van der Waals surface area contributed by atoms with Gasteiger partial charge in [-0.2, -0.15) is 0 Å². The van der Waals surface area contributed by atoms with E-state index in [2.05, 4.69) is 95.2 Å². The largest absolute Gasteiger partial charge is 0.326 e. The summed E-state index contributed by atoms with van der Waals surface area (Å²) in [5, 5.41) is 2.95. The van der Waals surface area contributed by atoms with Crippen LogP contribution in [0.3, 0.4) is 0 Å². The molecule has 4 heteroatoms. The van der Waals surface area contributed by atoms with Crippen LogP contribution in [0.5, 0.6) is 0 Å². The molecule has 0 bridgehead atoms. The number of likely N-dealkylation sites (tertiary alicyclic amines) is 1. The van der Waals surface area contributed by atoms with Crippen LogP contribution in [0.2, 0.25) is 0 Å². The van der Waals surface area contributed by atoms with E-state index >= 15 is 0 Å². The van der Waals surface area contributed by atoms with E-state index in [1.807, 2.05) is 19.1 Å². The highest BCUT2D eigenvalue weighted by Crippen LogP contribution is 2.38. The lowest BCUT2D eigenvalue weighted by atomic mass is 9.86. The number of anilines is 1. The van der Waals surface area contributed by atoms with Crippen molar-refractivity contribution in [1.82, 2.24) is 4.90 Å². The lowest BCUT2D eigenvalue weighted by molar-refractivity contribution is -0.116. The SMILES string of the molecule is CCCC(=O)Nc1ccc(C=CCN2CCC(=C3c4ccccc4C=Cc4ccccc43)CC2)cc1.Cl. The zero-order valence-electron chi connectivity index (χ0n) is 21.5. The van der Waals surface area contributed by atoms with Crippen molar-refractivity contribution < 1.29 is 4.79 Å². The van der Waals surface area contributed by atoms with Gasteiger partial charge in [-0.15, -0.1) is 12.4 Å². The number of fused-ring (bicyclic) bond motifs is 2. The fourth-order valence-electron chi connectivity index (χ4n) is 5.17. The Morgan fingerprint density at radius 1 is 0.865 bits per heavy atom. The molecule has 0 saturated carbocycles. The summed E-state index contributed by atoms with van der Waals surface area (Å²) >= 11 is 0. The fourth-order valence-corrected chi connectivity index (χ4v) is 5.17. The Morgan fingerprint density at radius 3 is 2.05 bits per heavy atom. The maximum Gasteiger partial charge on any atom is 0.224 e. The summed E-state index contributed by atoms with van der Waals surface area (Å²) in [5.41, 5.74) is 10.3. The van der Waals surface area contributed by atoms with Crippen LogP contribution in [0.25, 0.3) is 23.8 Å². The van der Waals surface area contributed by atoms with Crippen molar-refractivity contribution in [2.75, 3.05) is 25.0 Å². The summed E-state index contributed by atoms with van der Waals surface area (Å²) < 4.78 is 0. The van der Waals surface area contributed by atoms with Crippen LogP contribution >= 0.6 is 12.4 Å². The van der Waals surface area contributed by atoms with Crippen molar-refractivity contribution >= 4 is 47.8 Å². The van der Waals surface area contributed by atoms with E-state index in [-0.39, 0.29) is 18.3 Å². The summed E-state index contributed by atoms with van der Waals surface area (Å²) in [7, 11) is 0. The van der Waals surface area contributed by atoms with Gasteiger partial charge >= 0.3 is 0 Å². The van der Waals surface area contributed by atoms with Crippen LogP contribution in [0.1, 0.15) is 60.4 Å². The predicted molar refractivity (Wildman–Crippen MR) is 160 cm³/mol. The summed E-state index contributed by atoms with van der Waals surface area (Å²) in [4.78, 5) is 14.3. The monoisotopic (exact) mass is 510 g/mol. The van der Waals surface area contributed by atoms with Crippen molar-refractivity contribution in [3.8, 4) is 0 Å². The molecular formula is C33H35ClN2O. The summed E-state index contributed by atoms with van der Waals surface area (Å²) in [6.45, 7) is 5.11. The van der Waals surface area contributed by atoms with Crippen LogP contribution < -0.4 is 5.32 Å². The third-order valence-electron chi connectivity index (χ3n) is 7.06. The summed E-state index contributed by atoms with van der Waals surface area (Å²) in [5.74, 6) is 0.0762. The number of benzene rings is 3. The molecule has 0 radical (unpaired) electrons. The summed E-state index contributed by atoms with van der Waals surface area (Å²) in [6, 6.07) is 25.7. The molecule has 1 heterocycles. The maximum absolute atomic E-state index is 11.8. The Kier molecular flexibility index (Phi) is 9.16. The lowest BCUT2D eigenvalue weighted by Crippen LogP contribution is -2.31. The number of piperidine rings is 1. The number of amides is 1. The minimum atomic E-state index is 0. The Bertz CT molecular complexity index is 1260. The predicted octanol–water partition coefficient (Wildman–Crippen LogP) is 7.94. The zero-order chi connectivity index (χ0) is 24.7. The molecule has 1 aliphatic heterocycles. The molecule has 1 N–H and O–H groups in total. The van der Waals surface area contributed by atoms with Crippen molar-refractivity contribution in [1.29, 1.82) is 0 Å². The number of nitrogens with zero attached hydrogens (tertiary/aromatic N) is 1. The molecule has 0 atom stereocenters. The summed E-state index contributed by atoms with van der Waals surface area (Å²) in [6.07, 6.45) is 12.6. The second kappa shape index (κ2) is 12.7. The fraction of sp³-hybridized carbons (Fsp3) is 0.242. The van der Waals surface area contributed by atoms with Crippen LogP contribution in [-0.4, -0.2) is 30.4 Å². The van der Waals surface area contributed by atoms with E-state index in [1.165, 1.54) is 27.8 Å². The molecule has 1 saturated heterocycles. The third-order valence-corrected chi connectivity index (χ3v) is 7.06. The first-order chi connectivity index (χ1) is 17.7. The van der Waals surface area contributed by atoms with Gasteiger partial charge in [0.1, 0.15) is 0 Å². The number of nitrogens with one attached hydrogen (secondary N) is 1. The molecule has 5 rings (SSSR count). The molecule has 3 aromatic rings. The molecule has 3 nitrogen and oxygen atoms in total. The molecule has 2 aliphatic rings. The Hall–Kier alpha value is -3.40. The molecule has 1 fully saturated rings. The minimum Gasteiger partial charge on any atom is -0.326 e. The number of hydrogen-bond acceptors (Lipinski definition) is 2. The van der Waals surface area contributed by atoms with Crippen molar-refractivity contribution in [2.24, 2.45) is 0 Å². The topological polar surface area (TPSA) is 32.3 Å². The van der Waals surface area contributed by atoms with Gasteiger partial charge in [0.15, 0.2) is 0 Å². The van der Waals surface area contributed by atoms with Gasteiger partial charge < -0.3 is 5.32 Å². The first kappa shape index (κ1) is 26.7. The van der Waals surface area contributed by atoms with Gasteiger partial charge in [-0.1, -0.05) is 97.5 Å². The van der Waals surface area contributed by atoms with E-state index in [9.17, 15) is 4.79 Å². The molecule has 0 unspecified atom stereocenters. The Balaban J connectivity index is 0.00000320. The average molecular weight is 511 g/mol. The Morgan fingerprint density at radius 2 is 1.46 bits per heavy atom. The number of rotatable bonds is 6. The van der Waals surface area contributed by atoms with E-state index < -0.39 is 0 Å².